The molecule has 2 aliphatic carbocycles. The van der Waals surface area contributed by atoms with Gasteiger partial charge < -0.3 is 29.7 Å². The van der Waals surface area contributed by atoms with E-state index in [9.17, 15) is 38.5 Å². The number of cyclic esters (lactones) is 1. The Bertz CT molecular complexity index is 2010. The molecule has 11 heteroatoms. The number of aliphatic hydroxyl groups is 2. The number of benzene rings is 3. The van der Waals surface area contributed by atoms with Crippen LogP contribution in [0.1, 0.15) is 109 Å². The average Bonchev–Trinajstić information content (AvgIpc) is 3.20. The zero-order valence-corrected chi connectivity index (χ0v) is 35.2. The van der Waals surface area contributed by atoms with Crippen molar-refractivity contribution >= 4 is 23.5 Å². The third kappa shape index (κ3) is 10.5. The first-order valence-corrected chi connectivity index (χ1v) is 21.3. The summed E-state index contributed by atoms with van der Waals surface area (Å²) >= 11 is 0. The van der Waals surface area contributed by atoms with Crippen LogP contribution < -0.4 is 4.90 Å². The SMILES string of the molecule is CCC(C)(C)C(=O)O[C@H]1C[C@@H](C)C=C2C=C[C@H](C)[C@H](CC[C@@H]3C[C@@H](O)CC(=O)O3)[C@H]21.O=C1[C@H](CC[C@@H](O)c2ccc(F)cc2)[C@@H](c2ccc(O)cc2)N1c1ccc(F)cc1. The van der Waals surface area contributed by atoms with Gasteiger partial charge in [0.05, 0.1) is 36.0 Å². The Balaban J connectivity index is 0.000000201. The fourth-order valence-corrected chi connectivity index (χ4v) is 9.04. The lowest BCUT2D eigenvalue weighted by Crippen LogP contribution is -2.55. The summed E-state index contributed by atoms with van der Waals surface area (Å²) in [5.41, 5.74) is 2.82. The van der Waals surface area contributed by atoms with E-state index in [2.05, 4.69) is 32.1 Å². The summed E-state index contributed by atoms with van der Waals surface area (Å²) in [6, 6.07) is 17.7. The van der Waals surface area contributed by atoms with E-state index in [0.29, 0.717) is 48.3 Å². The molecular weight excluding hydrogens is 769 g/mol. The maximum absolute atomic E-state index is 13.3. The number of aromatic hydroxyl groups is 1. The predicted octanol–water partition coefficient (Wildman–Crippen LogP) is 9.47. The lowest BCUT2D eigenvalue weighted by Gasteiger charge is -2.48. The fourth-order valence-electron chi connectivity index (χ4n) is 9.04. The molecule has 2 saturated heterocycles. The van der Waals surface area contributed by atoms with Gasteiger partial charge >= 0.3 is 11.9 Å². The van der Waals surface area contributed by atoms with Gasteiger partial charge in [-0.25, -0.2) is 8.78 Å². The van der Waals surface area contributed by atoms with Crippen LogP contribution >= 0.6 is 0 Å². The van der Waals surface area contributed by atoms with Crippen molar-refractivity contribution in [3.63, 3.8) is 0 Å². The van der Waals surface area contributed by atoms with Gasteiger partial charge in [-0.3, -0.25) is 14.4 Å². The second-order valence-electron chi connectivity index (χ2n) is 17.7. The van der Waals surface area contributed by atoms with E-state index in [0.717, 1.165) is 31.2 Å². The molecule has 3 aromatic carbocycles. The molecule has 3 aromatic rings. The number of anilines is 1. The summed E-state index contributed by atoms with van der Waals surface area (Å²) < 4.78 is 38.0. The number of amides is 1. The number of fused-ring (bicyclic) bond motifs is 1. The van der Waals surface area contributed by atoms with Crippen molar-refractivity contribution < 1.29 is 48.0 Å². The highest BCUT2D eigenvalue weighted by Crippen LogP contribution is 2.48. The van der Waals surface area contributed by atoms with Gasteiger partial charge in [0.2, 0.25) is 5.91 Å². The van der Waals surface area contributed by atoms with E-state index in [-0.39, 0.29) is 71.7 Å². The first-order chi connectivity index (χ1) is 28.5. The van der Waals surface area contributed by atoms with Gasteiger partial charge in [0, 0.05) is 18.0 Å². The smallest absolute Gasteiger partial charge is 0.311 e. The van der Waals surface area contributed by atoms with E-state index in [4.69, 9.17) is 9.47 Å². The molecule has 0 bridgehead atoms. The Labute approximate surface area is 352 Å². The molecule has 3 N–H and O–H groups in total. The van der Waals surface area contributed by atoms with Gasteiger partial charge in [-0.2, -0.15) is 0 Å². The molecule has 7 rings (SSSR count). The summed E-state index contributed by atoms with van der Waals surface area (Å²) in [6.45, 7) is 10.3. The quantitative estimate of drug-likeness (QED) is 0.122. The number of hydrogen-bond donors (Lipinski definition) is 3. The van der Waals surface area contributed by atoms with Gasteiger partial charge in [-0.1, -0.05) is 63.3 Å². The maximum Gasteiger partial charge on any atom is 0.311 e. The normalized spacial score (nSPS) is 28.0. The predicted molar refractivity (Wildman–Crippen MR) is 224 cm³/mol. The lowest BCUT2D eigenvalue weighted by molar-refractivity contribution is -0.166. The molecule has 60 heavy (non-hydrogen) atoms. The van der Waals surface area contributed by atoms with Crippen molar-refractivity contribution in [2.45, 2.75) is 116 Å². The van der Waals surface area contributed by atoms with Crippen LogP contribution in [0.4, 0.5) is 14.5 Å². The number of ether oxygens (including phenoxy) is 2. The van der Waals surface area contributed by atoms with Crippen molar-refractivity contribution in [3.8, 4) is 5.75 Å². The van der Waals surface area contributed by atoms with Crippen LogP contribution in [-0.2, 0) is 23.9 Å². The molecule has 0 aromatic heterocycles. The van der Waals surface area contributed by atoms with Crippen molar-refractivity contribution in [2.24, 2.45) is 35.0 Å². The number of aliphatic hydroxyl groups excluding tert-OH is 2. The van der Waals surface area contributed by atoms with E-state index in [1.807, 2.05) is 20.8 Å². The molecule has 2 heterocycles. The van der Waals surface area contributed by atoms with Crippen LogP contribution in [-0.4, -0.2) is 51.5 Å². The topological polar surface area (TPSA) is 134 Å². The van der Waals surface area contributed by atoms with Crippen LogP contribution in [0, 0.1) is 46.6 Å². The van der Waals surface area contributed by atoms with Crippen LogP contribution in [0.5, 0.6) is 5.75 Å². The van der Waals surface area contributed by atoms with E-state index >= 15 is 0 Å². The zero-order valence-electron chi connectivity index (χ0n) is 35.2. The number of halogens is 2. The average molecular weight is 828 g/mol. The monoisotopic (exact) mass is 827 g/mol. The highest BCUT2D eigenvalue weighted by Gasteiger charge is 2.48. The molecule has 9 nitrogen and oxygen atoms in total. The number of phenolic OH excluding ortho intramolecular Hbond substituents is 1. The molecule has 322 valence electrons. The highest BCUT2D eigenvalue weighted by atomic mass is 19.1. The van der Waals surface area contributed by atoms with Crippen LogP contribution in [0.25, 0.3) is 0 Å². The first kappa shape index (κ1) is 44.7. The number of nitrogens with zero attached hydrogens (tertiary/aromatic N) is 1. The summed E-state index contributed by atoms with van der Waals surface area (Å²) in [5, 5.41) is 30.0. The molecular formula is C49H59F2NO8. The lowest BCUT2D eigenvalue weighted by atomic mass is 9.65. The number of rotatable bonds is 12. The second-order valence-corrected chi connectivity index (χ2v) is 17.7. The number of esters is 2. The number of phenols is 1. The molecule has 4 aliphatic rings. The van der Waals surface area contributed by atoms with Gasteiger partial charge in [0.15, 0.2) is 0 Å². The maximum atomic E-state index is 13.3. The zero-order chi connectivity index (χ0) is 43.3. The number of β-lactam (4-membered cyclic amide) rings is 1. The summed E-state index contributed by atoms with van der Waals surface area (Å²) in [6.07, 6.45) is 9.58. The van der Waals surface area contributed by atoms with E-state index < -0.39 is 17.6 Å². The minimum absolute atomic E-state index is 0.0949. The summed E-state index contributed by atoms with van der Waals surface area (Å²) in [5.74, 6) is -0.325. The Hall–Kier alpha value is -4.87. The van der Waals surface area contributed by atoms with E-state index in [1.165, 1.54) is 42.0 Å². The number of carbonyl (C=O) groups excluding carboxylic acids is 3. The molecule has 0 saturated carbocycles. The van der Waals surface area contributed by atoms with Crippen molar-refractivity contribution in [1.29, 1.82) is 0 Å². The van der Waals surface area contributed by atoms with Gasteiger partial charge in [-0.05, 0) is 135 Å². The minimum Gasteiger partial charge on any atom is -0.508 e. The summed E-state index contributed by atoms with van der Waals surface area (Å²) in [4.78, 5) is 39.1. The Morgan fingerprint density at radius 2 is 1.58 bits per heavy atom. The minimum atomic E-state index is -0.807. The highest BCUT2D eigenvalue weighted by molar-refractivity contribution is 6.03. The third-order valence-electron chi connectivity index (χ3n) is 12.9. The molecule has 2 aliphatic heterocycles. The Morgan fingerprint density at radius 1 is 0.933 bits per heavy atom. The van der Waals surface area contributed by atoms with E-state index in [1.54, 1.807) is 41.3 Å². The summed E-state index contributed by atoms with van der Waals surface area (Å²) in [7, 11) is 0. The Kier molecular flexibility index (Phi) is 14.3. The van der Waals surface area contributed by atoms with Gasteiger partial charge in [0.1, 0.15) is 29.6 Å². The van der Waals surface area contributed by atoms with Crippen LogP contribution in [0.3, 0.4) is 0 Å². The number of carbonyl (C=O) groups is 3. The van der Waals surface area contributed by atoms with Gasteiger partial charge in [-0.15, -0.1) is 0 Å². The number of allylic oxidation sites excluding steroid dienone is 3. The van der Waals surface area contributed by atoms with Crippen LogP contribution in [0.2, 0.25) is 0 Å². The molecule has 0 radical (unpaired) electrons. The molecule has 10 atom stereocenters. The largest absolute Gasteiger partial charge is 0.508 e. The van der Waals surface area contributed by atoms with Crippen LogP contribution in [0.15, 0.2) is 96.6 Å². The second kappa shape index (κ2) is 19.2. The molecule has 1 amide bonds. The fraction of sp³-hybridized carbons (Fsp3) is 0.490. The Morgan fingerprint density at radius 3 is 2.22 bits per heavy atom. The molecule has 0 unspecified atom stereocenters. The molecule has 2 fully saturated rings. The van der Waals surface area contributed by atoms with Gasteiger partial charge in [0.25, 0.3) is 0 Å². The number of hydrogen-bond acceptors (Lipinski definition) is 8. The third-order valence-corrected chi connectivity index (χ3v) is 12.9. The van der Waals surface area contributed by atoms with Crippen molar-refractivity contribution in [1.82, 2.24) is 0 Å². The molecule has 0 spiro atoms. The van der Waals surface area contributed by atoms with Crippen molar-refractivity contribution in [3.05, 3.63) is 119 Å². The first-order valence-electron chi connectivity index (χ1n) is 21.3. The standard InChI is InChI=1S/C25H38O5.C24H21F2NO3/c1-6-25(4,5)24(28)30-21-12-15(2)11-17-8-7-16(3)20(23(17)21)10-9-19-13-18(26)14-22(27)29-19;25-17-5-1-15(2-6-17)22(29)14-13-21-23(16-3-11-20(28)12-4-16)27(24(21)30)19-9-7-18(26)8-10-19/h7-8,11,15-16,18-21,23,26H,6,9-10,12-14H2,1-5H3;1-12,21-23,28-29H,13-14H2/t15-,16-,18+,19+,20-,21-,23-;21-,22-,23-/m01/s1. The van der Waals surface area contributed by atoms with Crippen molar-refractivity contribution in [2.75, 3.05) is 4.90 Å².